The van der Waals surface area contributed by atoms with Crippen LogP contribution in [0.4, 0.5) is 0 Å². The normalized spacial score (nSPS) is 11.9. The van der Waals surface area contributed by atoms with E-state index in [-0.39, 0.29) is 0 Å². The minimum atomic E-state index is -2.68. The summed E-state index contributed by atoms with van der Waals surface area (Å²) in [5.74, 6) is 0. The van der Waals surface area contributed by atoms with E-state index >= 15 is 0 Å². The second-order valence-corrected chi connectivity index (χ2v) is 26.7. The van der Waals surface area contributed by atoms with Crippen LogP contribution >= 0.6 is 0 Å². The third-order valence-electron chi connectivity index (χ3n) is 15.3. The Kier molecular flexibility index (Phi) is 11.0. The molecule has 0 nitrogen and oxygen atoms in total. The van der Waals surface area contributed by atoms with Gasteiger partial charge >= 0.3 is 0 Å². The first-order valence-electron chi connectivity index (χ1n) is 25.1. The summed E-state index contributed by atoms with van der Waals surface area (Å²) in [5.41, 5.74) is 4.99. The predicted molar refractivity (Wildman–Crippen MR) is 315 cm³/mol. The average molecular weight is 947 g/mol. The van der Waals surface area contributed by atoms with E-state index in [9.17, 15) is 0 Å². The summed E-state index contributed by atoms with van der Waals surface area (Å²) in [6.07, 6.45) is 0. The largest absolute Gasteiger partial charge is 0.179 e. The summed E-state index contributed by atoms with van der Waals surface area (Å²) in [5, 5.41) is 21.0. The zero-order valence-corrected chi connectivity index (χ0v) is 41.9. The van der Waals surface area contributed by atoms with E-state index in [2.05, 4.69) is 303 Å². The fourth-order valence-electron chi connectivity index (χ4n) is 12.1. The van der Waals surface area contributed by atoms with Crippen molar-refractivity contribution in [1.82, 2.24) is 0 Å². The first-order chi connectivity index (χ1) is 35.7. The molecule has 13 aromatic carbocycles. The Labute approximate surface area is 423 Å². The molecule has 0 saturated heterocycles. The fraction of sp³-hybridized carbons (Fsp3) is 0. The molecule has 2 heteroatoms. The highest BCUT2D eigenvalue weighted by Gasteiger charge is 2.42. The van der Waals surface area contributed by atoms with E-state index in [4.69, 9.17) is 0 Å². The Bertz CT molecular complexity index is 3540. The van der Waals surface area contributed by atoms with Crippen LogP contribution in [0.15, 0.2) is 303 Å². The first-order valence-corrected chi connectivity index (χ1v) is 29.1. The number of rotatable bonds is 10. The fourth-order valence-corrected chi connectivity index (χ4v) is 21.7. The van der Waals surface area contributed by atoms with Gasteiger partial charge in [0.25, 0.3) is 0 Å². The lowest BCUT2D eigenvalue weighted by Gasteiger charge is -2.34. The van der Waals surface area contributed by atoms with Crippen molar-refractivity contribution < 1.29 is 0 Å². The smallest absolute Gasteiger partial charge is 0.0623 e. The van der Waals surface area contributed by atoms with Gasteiger partial charge in [-0.05, 0) is 119 Å². The van der Waals surface area contributed by atoms with Gasteiger partial charge in [0.05, 0.1) is 0 Å². The molecule has 0 radical (unpaired) electrons. The molecule has 72 heavy (non-hydrogen) atoms. The van der Waals surface area contributed by atoms with Gasteiger partial charge in [0.2, 0.25) is 0 Å². The van der Waals surface area contributed by atoms with Crippen LogP contribution in [-0.2, 0) is 0 Å². The van der Waals surface area contributed by atoms with Crippen LogP contribution < -0.4 is 41.5 Å². The van der Waals surface area contributed by atoms with Crippen molar-refractivity contribution in [2.75, 3.05) is 0 Å². The van der Waals surface area contributed by atoms with Crippen molar-refractivity contribution in [1.29, 1.82) is 0 Å². The molecule has 0 amide bonds. The van der Waals surface area contributed by atoms with E-state index in [1.165, 1.54) is 107 Å². The standard InChI is InChI=1S/C70H50Si2/c1-7-23-57(24-8-1)71(58-25-9-2-10-26-58,59-27-11-3-12-28-59)63-45-43-51-47-55(41-39-53(51)49-63)69-65-35-19-21-37-67(65)70(68-38-22-20-36-66(68)69)56-42-40-54-50-64(46-44-52(54)48-56)72(60-29-13-4-14-30-60,61-31-15-5-16-32-61)62-33-17-6-18-34-62/h1-50H. The van der Waals surface area contributed by atoms with Crippen LogP contribution in [-0.4, -0.2) is 16.1 Å². The number of hydrogen-bond acceptors (Lipinski definition) is 0. The van der Waals surface area contributed by atoms with Crippen molar-refractivity contribution in [2.45, 2.75) is 0 Å². The first kappa shape index (κ1) is 43.4. The van der Waals surface area contributed by atoms with Gasteiger partial charge in [0.1, 0.15) is 0 Å². The molecular formula is C70H50Si2. The maximum atomic E-state index is 2.48. The molecule has 0 saturated carbocycles. The average Bonchev–Trinajstić information content (AvgIpc) is 3.46. The highest BCUT2D eigenvalue weighted by Crippen LogP contribution is 2.44. The van der Waals surface area contributed by atoms with Crippen LogP contribution in [0.1, 0.15) is 0 Å². The van der Waals surface area contributed by atoms with Crippen molar-refractivity contribution in [3.8, 4) is 22.3 Å². The maximum absolute atomic E-state index is 2.68. The molecule has 0 aliphatic rings. The third kappa shape index (κ3) is 7.10. The minimum absolute atomic E-state index is 1.22. The molecule has 0 aliphatic carbocycles. The molecular weight excluding hydrogens is 897 g/mol. The third-order valence-corrected chi connectivity index (χ3v) is 24.8. The zero-order chi connectivity index (χ0) is 47.9. The summed E-state index contributed by atoms with van der Waals surface area (Å²) < 4.78 is 0. The van der Waals surface area contributed by atoms with Crippen molar-refractivity contribution in [2.24, 2.45) is 0 Å². The number of fused-ring (bicyclic) bond motifs is 4. The van der Waals surface area contributed by atoms with Crippen LogP contribution in [0.25, 0.3) is 65.3 Å². The van der Waals surface area contributed by atoms with Gasteiger partial charge in [0, 0.05) is 0 Å². The quantitative estimate of drug-likeness (QED) is 0.0728. The van der Waals surface area contributed by atoms with Crippen LogP contribution in [0.5, 0.6) is 0 Å². The molecule has 0 atom stereocenters. The highest BCUT2D eigenvalue weighted by molar-refractivity contribution is 7.20. The molecule has 0 unspecified atom stereocenters. The summed E-state index contributed by atoms with van der Waals surface area (Å²) >= 11 is 0. The van der Waals surface area contributed by atoms with Crippen molar-refractivity contribution in [3.05, 3.63) is 303 Å². The number of hydrogen-bond donors (Lipinski definition) is 0. The lowest BCUT2D eigenvalue weighted by atomic mass is 9.85. The van der Waals surface area contributed by atoms with Crippen LogP contribution in [0.3, 0.4) is 0 Å². The van der Waals surface area contributed by atoms with E-state index in [1.54, 1.807) is 0 Å². The van der Waals surface area contributed by atoms with Crippen LogP contribution in [0, 0.1) is 0 Å². The SMILES string of the molecule is c1ccc([Si](c2ccccc2)(c2ccccc2)c2ccc3cc(-c4c5ccccc5c(-c5ccc6cc([Si](c7ccccc7)(c7ccccc7)c7ccccc7)ccc6c5)c5ccccc45)ccc3c2)cc1. The van der Waals surface area contributed by atoms with Gasteiger partial charge in [-0.15, -0.1) is 0 Å². The van der Waals surface area contributed by atoms with Gasteiger partial charge in [0.15, 0.2) is 16.1 Å². The zero-order valence-electron chi connectivity index (χ0n) is 39.9. The lowest BCUT2D eigenvalue weighted by Crippen LogP contribution is -2.74. The summed E-state index contributed by atoms with van der Waals surface area (Å²) in [7, 11) is -5.35. The highest BCUT2D eigenvalue weighted by atomic mass is 28.3. The Morgan fingerprint density at radius 1 is 0.167 bits per heavy atom. The molecule has 0 aliphatic heterocycles. The van der Waals surface area contributed by atoms with Gasteiger partial charge in [-0.1, -0.05) is 291 Å². The van der Waals surface area contributed by atoms with Crippen molar-refractivity contribution >= 4 is 101 Å². The van der Waals surface area contributed by atoms with Gasteiger partial charge < -0.3 is 0 Å². The summed E-state index contributed by atoms with van der Waals surface area (Å²) in [6, 6.07) is 114. The molecule has 0 aromatic heterocycles. The second kappa shape index (κ2) is 18.3. The monoisotopic (exact) mass is 946 g/mol. The number of benzene rings is 13. The maximum Gasteiger partial charge on any atom is 0.179 e. The van der Waals surface area contributed by atoms with Gasteiger partial charge in [-0.25, -0.2) is 0 Å². The summed E-state index contributed by atoms with van der Waals surface area (Å²) in [6.45, 7) is 0. The van der Waals surface area contributed by atoms with Gasteiger partial charge in [-0.3, -0.25) is 0 Å². The molecule has 13 rings (SSSR count). The van der Waals surface area contributed by atoms with E-state index in [0.717, 1.165) is 0 Å². The summed E-state index contributed by atoms with van der Waals surface area (Å²) in [4.78, 5) is 0. The Balaban J connectivity index is 0.950. The van der Waals surface area contributed by atoms with E-state index < -0.39 is 16.1 Å². The Morgan fingerprint density at radius 2 is 0.389 bits per heavy atom. The lowest BCUT2D eigenvalue weighted by molar-refractivity contribution is 1.66. The molecule has 0 N–H and O–H groups in total. The molecule has 338 valence electrons. The molecule has 0 bridgehead atoms. The minimum Gasteiger partial charge on any atom is -0.0623 e. The van der Waals surface area contributed by atoms with E-state index in [0.29, 0.717) is 0 Å². The molecule has 13 aromatic rings. The van der Waals surface area contributed by atoms with Crippen LogP contribution in [0.2, 0.25) is 0 Å². The predicted octanol–water partition coefficient (Wildman–Crippen LogP) is 12.4. The second-order valence-electron chi connectivity index (χ2n) is 19.1. The molecule has 0 spiro atoms. The molecule has 0 heterocycles. The Hall–Kier alpha value is -8.67. The molecule has 0 fully saturated rings. The van der Waals surface area contributed by atoms with Gasteiger partial charge in [-0.2, -0.15) is 0 Å². The van der Waals surface area contributed by atoms with Crippen molar-refractivity contribution in [3.63, 3.8) is 0 Å². The van der Waals surface area contributed by atoms with E-state index in [1.807, 2.05) is 0 Å². The Morgan fingerprint density at radius 3 is 0.653 bits per heavy atom. The topological polar surface area (TPSA) is 0 Å².